The van der Waals surface area contributed by atoms with Crippen LogP contribution in [0.4, 0.5) is 0 Å². The van der Waals surface area contributed by atoms with E-state index in [2.05, 4.69) is 34.5 Å². The molecule has 10 nitrogen and oxygen atoms in total. The molecule has 0 aliphatic carbocycles. The average Bonchev–Trinajstić information content (AvgIpc) is 3.42. The van der Waals surface area contributed by atoms with E-state index in [1.807, 2.05) is 11.0 Å². The number of sulfonamides is 1. The van der Waals surface area contributed by atoms with E-state index < -0.39 is 10.0 Å². The molecule has 166 valence electrons. The second kappa shape index (κ2) is 10.1. The molecule has 2 aromatic rings. The summed E-state index contributed by atoms with van der Waals surface area (Å²) >= 11 is 0. The van der Waals surface area contributed by atoms with Crippen molar-refractivity contribution in [3.8, 4) is 0 Å². The summed E-state index contributed by atoms with van der Waals surface area (Å²) in [5, 5.41) is 11.2. The molecule has 0 bridgehead atoms. The van der Waals surface area contributed by atoms with Crippen molar-refractivity contribution in [3.63, 3.8) is 0 Å². The van der Waals surface area contributed by atoms with E-state index in [9.17, 15) is 8.42 Å². The molecule has 0 amide bonds. The standard InChI is InChI=1S/C19H30N6O4S/c1-4-15(5-2)18-12-17(29-23-18)13-21-19(20-3)24-7-9-25(10-8-24)30(26,27)14-16-6-11-28-22-16/h6,11-12,15H,4-5,7-10,13-14H2,1-3H3,(H,20,21). The van der Waals surface area contributed by atoms with E-state index in [-0.39, 0.29) is 5.75 Å². The number of nitrogens with zero attached hydrogens (tertiary/aromatic N) is 5. The molecule has 0 atom stereocenters. The molecule has 2 aromatic heterocycles. The molecule has 0 saturated carbocycles. The Hall–Kier alpha value is -2.40. The lowest BCUT2D eigenvalue weighted by Gasteiger charge is -2.35. The van der Waals surface area contributed by atoms with Gasteiger partial charge in [-0.2, -0.15) is 4.31 Å². The van der Waals surface area contributed by atoms with Gasteiger partial charge in [0.1, 0.15) is 12.0 Å². The maximum Gasteiger partial charge on any atom is 0.220 e. The Kier molecular flexibility index (Phi) is 7.48. The van der Waals surface area contributed by atoms with Gasteiger partial charge in [-0.3, -0.25) is 4.99 Å². The Morgan fingerprint density at radius 2 is 1.97 bits per heavy atom. The summed E-state index contributed by atoms with van der Waals surface area (Å²) in [7, 11) is -1.71. The second-order valence-corrected chi connectivity index (χ2v) is 9.23. The third-order valence-electron chi connectivity index (χ3n) is 5.37. The van der Waals surface area contributed by atoms with Crippen molar-refractivity contribution >= 4 is 16.0 Å². The highest BCUT2D eigenvalue weighted by molar-refractivity contribution is 7.88. The molecule has 11 heteroatoms. The Balaban J connectivity index is 1.51. The van der Waals surface area contributed by atoms with Gasteiger partial charge < -0.3 is 19.3 Å². The third kappa shape index (κ3) is 5.39. The molecule has 30 heavy (non-hydrogen) atoms. The number of hydrogen-bond acceptors (Lipinski definition) is 7. The first-order chi connectivity index (χ1) is 14.5. The molecule has 1 saturated heterocycles. The largest absolute Gasteiger partial charge is 0.364 e. The molecule has 1 fully saturated rings. The van der Waals surface area contributed by atoms with Crippen LogP contribution in [0.2, 0.25) is 0 Å². The van der Waals surface area contributed by atoms with Crippen molar-refractivity contribution in [3.05, 3.63) is 35.5 Å². The van der Waals surface area contributed by atoms with Gasteiger partial charge >= 0.3 is 0 Å². The van der Waals surface area contributed by atoms with Gasteiger partial charge in [-0.1, -0.05) is 24.2 Å². The fourth-order valence-corrected chi connectivity index (χ4v) is 5.00. The zero-order valence-electron chi connectivity index (χ0n) is 17.7. The first-order valence-corrected chi connectivity index (χ1v) is 11.9. The van der Waals surface area contributed by atoms with E-state index in [4.69, 9.17) is 9.05 Å². The number of hydrogen-bond donors (Lipinski definition) is 1. The fourth-order valence-electron chi connectivity index (χ4n) is 3.58. The molecule has 0 spiro atoms. The van der Waals surface area contributed by atoms with Gasteiger partial charge in [-0.25, -0.2) is 8.42 Å². The van der Waals surface area contributed by atoms with Crippen molar-refractivity contribution in [2.24, 2.45) is 4.99 Å². The zero-order chi connectivity index (χ0) is 21.6. The van der Waals surface area contributed by atoms with Crippen LogP contribution in [0.25, 0.3) is 0 Å². The van der Waals surface area contributed by atoms with Crippen LogP contribution in [-0.4, -0.2) is 67.1 Å². The summed E-state index contributed by atoms with van der Waals surface area (Å²) < 4.78 is 36.8. The van der Waals surface area contributed by atoms with Gasteiger partial charge in [0.15, 0.2) is 11.7 Å². The highest BCUT2D eigenvalue weighted by atomic mass is 32.2. The number of aromatic nitrogens is 2. The van der Waals surface area contributed by atoms with E-state index in [0.29, 0.717) is 50.3 Å². The van der Waals surface area contributed by atoms with Gasteiger partial charge in [-0.15, -0.1) is 0 Å². The minimum Gasteiger partial charge on any atom is -0.364 e. The zero-order valence-corrected chi connectivity index (χ0v) is 18.6. The maximum absolute atomic E-state index is 12.6. The van der Waals surface area contributed by atoms with Crippen molar-refractivity contribution in [1.29, 1.82) is 0 Å². The van der Waals surface area contributed by atoms with Gasteiger partial charge in [0, 0.05) is 51.3 Å². The van der Waals surface area contributed by atoms with Crippen molar-refractivity contribution < 1.29 is 17.5 Å². The fraction of sp³-hybridized carbons (Fsp3) is 0.632. The summed E-state index contributed by atoms with van der Waals surface area (Å²) in [5.74, 6) is 1.73. The predicted molar refractivity (Wildman–Crippen MR) is 112 cm³/mol. The Morgan fingerprint density at radius 1 is 1.23 bits per heavy atom. The maximum atomic E-state index is 12.6. The lowest BCUT2D eigenvalue weighted by molar-refractivity contribution is 0.259. The van der Waals surface area contributed by atoms with Crippen molar-refractivity contribution in [2.75, 3.05) is 33.2 Å². The van der Waals surface area contributed by atoms with Crippen LogP contribution in [0.15, 0.2) is 32.4 Å². The molecular weight excluding hydrogens is 408 g/mol. The number of guanidine groups is 1. The molecule has 1 aliphatic heterocycles. The topological polar surface area (TPSA) is 117 Å². The summed E-state index contributed by atoms with van der Waals surface area (Å²) in [4.78, 5) is 6.37. The Labute approximate surface area is 177 Å². The first-order valence-electron chi connectivity index (χ1n) is 10.2. The Morgan fingerprint density at radius 3 is 2.57 bits per heavy atom. The number of aliphatic imine (C=N–C) groups is 1. The first kappa shape index (κ1) is 22.3. The Bertz CT molecular complexity index is 913. The van der Waals surface area contributed by atoms with Crippen molar-refractivity contribution in [2.45, 2.75) is 44.9 Å². The van der Waals surface area contributed by atoms with Crippen LogP contribution in [0.5, 0.6) is 0 Å². The minimum atomic E-state index is -3.43. The van der Waals surface area contributed by atoms with Crippen LogP contribution in [-0.2, 0) is 22.3 Å². The smallest absolute Gasteiger partial charge is 0.220 e. The van der Waals surface area contributed by atoms with E-state index >= 15 is 0 Å². The number of nitrogens with one attached hydrogen (secondary N) is 1. The van der Waals surface area contributed by atoms with Crippen LogP contribution in [0, 0.1) is 0 Å². The normalized spacial score (nSPS) is 16.4. The van der Waals surface area contributed by atoms with E-state index in [0.717, 1.165) is 24.3 Å². The van der Waals surface area contributed by atoms with Gasteiger partial charge in [-0.05, 0) is 12.8 Å². The van der Waals surface area contributed by atoms with E-state index in [1.165, 1.54) is 10.6 Å². The third-order valence-corrected chi connectivity index (χ3v) is 7.18. The lowest BCUT2D eigenvalue weighted by atomic mass is 9.99. The van der Waals surface area contributed by atoms with Crippen LogP contribution in [0.3, 0.4) is 0 Å². The molecule has 3 heterocycles. The summed E-state index contributed by atoms with van der Waals surface area (Å²) in [6.07, 6.45) is 3.43. The van der Waals surface area contributed by atoms with Crippen LogP contribution < -0.4 is 5.32 Å². The predicted octanol–water partition coefficient (Wildman–Crippen LogP) is 1.79. The van der Waals surface area contributed by atoms with Crippen molar-refractivity contribution in [1.82, 2.24) is 24.8 Å². The highest BCUT2D eigenvalue weighted by Gasteiger charge is 2.29. The highest BCUT2D eigenvalue weighted by Crippen LogP contribution is 2.22. The number of rotatable bonds is 8. The molecule has 3 rings (SSSR count). The molecule has 0 radical (unpaired) electrons. The monoisotopic (exact) mass is 438 g/mol. The SMILES string of the molecule is CCC(CC)c1cc(CNC(=NC)N2CCN(S(=O)(=O)Cc3ccon3)CC2)on1. The molecule has 1 aliphatic rings. The molecule has 1 N–H and O–H groups in total. The average molecular weight is 439 g/mol. The summed E-state index contributed by atoms with van der Waals surface area (Å²) in [6, 6.07) is 3.56. The molecule has 0 aromatic carbocycles. The van der Waals surface area contributed by atoms with Crippen LogP contribution >= 0.6 is 0 Å². The summed E-state index contributed by atoms with van der Waals surface area (Å²) in [6.45, 7) is 6.65. The van der Waals surface area contributed by atoms with Gasteiger partial charge in [0.2, 0.25) is 10.0 Å². The molecule has 0 unspecified atom stereocenters. The van der Waals surface area contributed by atoms with E-state index in [1.54, 1.807) is 13.1 Å². The van der Waals surface area contributed by atoms with Gasteiger partial charge in [0.25, 0.3) is 0 Å². The van der Waals surface area contributed by atoms with Gasteiger partial charge in [0.05, 0.1) is 17.9 Å². The minimum absolute atomic E-state index is 0.152. The summed E-state index contributed by atoms with van der Waals surface area (Å²) in [5.41, 5.74) is 1.40. The molecular formula is C19H30N6O4S. The quantitative estimate of drug-likeness (QED) is 0.490. The van der Waals surface area contributed by atoms with Crippen LogP contribution in [0.1, 0.15) is 49.8 Å². The second-order valence-electron chi connectivity index (χ2n) is 7.27. The number of piperazine rings is 1. The lowest BCUT2D eigenvalue weighted by Crippen LogP contribution is -2.53.